The number of halogens is 1. The average molecular weight is 428 g/mol. The first kappa shape index (κ1) is 18.2. The van der Waals surface area contributed by atoms with Gasteiger partial charge in [0, 0.05) is 22.3 Å². The van der Waals surface area contributed by atoms with Crippen molar-refractivity contribution in [1.82, 2.24) is 4.98 Å². The summed E-state index contributed by atoms with van der Waals surface area (Å²) in [6.45, 7) is 1.30. The molecule has 6 heteroatoms. The molecule has 0 saturated carbocycles. The van der Waals surface area contributed by atoms with Crippen LogP contribution in [-0.2, 0) is 4.79 Å². The number of para-hydroxylation sites is 1. The Morgan fingerprint density at radius 2 is 1.85 bits per heavy atom. The summed E-state index contributed by atoms with van der Waals surface area (Å²) in [4.78, 5) is 28.1. The van der Waals surface area contributed by atoms with Crippen molar-refractivity contribution in [1.29, 1.82) is 0 Å². The third-order valence-corrected chi connectivity index (χ3v) is 4.86. The van der Waals surface area contributed by atoms with Crippen molar-refractivity contribution in [3.05, 3.63) is 75.7 Å². The van der Waals surface area contributed by atoms with Crippen molar-refractivity contribution >= 4 is 45.1 Å². The molecule has 26 heavy (non-hydrogen) atoms. The zero-order valence-electron chi connectivity index (χ0n) is 13.8. The zero-order chi connectivity index (χ0) is 18.5. The number of esters is 1. The molecule has 3 rings (SSSR count). The van der Waals surface area contributed by atoms with Gasteiger partial charge in [0.15, 0.2) is 5.78 Å². The highest BCUT2D eigenvalue weighted by Crippen LogP contribution is 2.26. The Kier molecular flexibility index (Phi) is 5.75. The molecule has 0 saturated heterocycles. The summed E-state index contributed by atoms with van der Waals surface area (Å²) in [6, 6.07) is 14.5. The molecular weight excluding hydrogens is 414 g/mol. The third-order valence-electron chi connectivity index (χ3n) is 3.42. The Bertz CT molecular complexity index is 977. The molecule has 0 amide bonds. The molecule has 0 bridgehead atoms. The molecular formula is C20H14BrNO3S. The highest BCUT2D eigenvalue weighted by Gasteiger charge is 2.11. The molecule has 0 aliphatic carbocycles. The standard InChI is InChI=1S/C20H14BrNO3S/c1-13(23)25-19-5-3-2-4-17(19)18(24)11-10-16-12-26-20(22-16)14-6-8-15(21)9-7-14/h2-12H,1H3/b11-10+. The van der Waals surface area contributed by atoms with Gasteiger partial charge in [-0.05, 0) is 36.4 Å². The van der Waals surface area contributed by atoms with E-state index in [0.717, 1.165) is 15.0 Å². The van der Waals surface area contributed by atoms with Crippen LogP contribution in [0, 0.1) is 0 Å². The minimum Gasteiger partial charge on any atom is -0.426 e. The fraction of sp³-hybridized carbons (Fsp3) is 0.0500. The predicted molar refractivity (Wildman–Crippen MR) is 106 cm³/mol. The van der Waals surface area contributed by atoms with Crippen LogP contribution in [0.2, 0.25) is 0 Å². The average Bonchev–Trinajstić information content (AvgIpc) is 3.09. The second kappa shape index (κ2) is 8.21. The highest BCUT2D eigenvalue weighted by molar-refractivity contribution is 9.10. The molecule has 0 N–H and O–H groups in total. The van der Waals surface area contributed by atoms with E-state index in [4.69, 9.17) is 4.74 Å². The maximum absolute atomic E-state index is 12.4. The van der Waals surface area contributed by atoms with Crippen LogP contribution in [0.25, 0.3) is 16.6 Å². The van der Waals surface area contributed by atoms with E-state index < -0.39 is 5.97 Å². The number of allylic oxidation sites excluding steroid dienone is 1. The lowest BCUT2D eigenvalue weighted by Crippen LogP contribution is -2.06. The lowest BCUT2D eigenvalue weighted by atomic mass is 10.1. The van der Waals surface area contributed by atoms with E-state index in [2.05, 4.69) is 20.9 Å². The summed E-state index contributed by atoms with van der Waals surface area (Å²) in [7, 11) is 0. The van der Waals surface area contributed by atoms with E-state index in [9.17, 15) is 9.59 Å². The molecule has 0 aliphatic rings. The molecule has 0 aliphatic heterocycles. The van der Waals surface area contributed by atoms with Gasteiger partial charge in [0.25, 0.3) is 0 Å². The largest absolute Gasteiger partial charge is 0.426 e. The van der Waals surface area contributed by atoms with Crippen molar-refractivity contribution in [3.63, 3.8) is 0 Å². The van der Waals surface area contributed by atoms with Gasteiger partial charge in [-0.3, -0.25) is 9.59 Å². The Morgan fingerprint density at radius 3 is 2.58 bits per heavy atom. The Hall–Kier alpha value is -2.57. The number of carbonyl (C=O) groups excluding carboxylic acids is 2. The van der Waals surface area contributed by atoms with Crippen molar-refractivity contribution < 1.29 is 14.3 Å². The minimum atomic E-state index is -0.465. The van der Waals surface area contributed by atoms with E-state index in [0.29, 0.717) is 11.3 Å². The number of benzene rings is 2. The molecule has 3 aromatic rings. The summed E-state index contributed by atoms with van der Waals surface area (Å²) in [6.07, 6.45) is 3.09. The Labute approximate surface area is 163 Å². The van der Waals surface area contributed by atoms with Gasteiger partial charge in [0.05, 0.1) is 11.3 Å². The van der Waals surface area contributed by atoms with Crippen LogP contribution in [0.1, 0.15) is 23.0 Å². The first-order chi connectivity index (χ1) is 12.5. The van der Waals surface area contributed by atoms with Crippen LogP contribution in [-0.4, -0.2) is 16.7 Å². The van der Waals surface area contributed by atoms with Gasteiger partial charge in [-0.25, -0.2) is 4.98 Å². The summed E-state index contributed by atoms with van der Waals surface area (Å²) < 4.78 is 6.09. The van der Waals surface area contributed by atoms with Crippen LogP contribution in [0.3, 0.4) is 0 Å². The van der Waals surface area contributed by atoms with Gasteiger partial charge < -0.3 is 4.74 Å². The smallest absolute Gasteiger partial charge is 0.308 e. The maximum atomic E-state index is 12.4. The summed E-state index contributed by atoms with van der Waals surface area (Å²) >= 11 is 4.92. The van der Waals surface area contributed by atoms with Crippen LogP contribution in [0.5, 0.6) is 5.75 Å². The molecule has 2 aromatic carbocycles. The van der Waals surface area contributed by atoms with Crippen molar-refractivity contribution in [2.45, 2.75) is 6.92 Å². The SMILES string of the molecule is CC(=O)Oc1ccccc1C(=O)/C=C/c1csc(-c2ccc(Br)cc2)n1. The van der Waals surface area contributed by atoms with E-state index in [-0.39, 0.29) is 11.5 Å². The molecule has 4 nitrogen and oxygen atoms in total. The van der Waals surface area contributed by atoms with E-state index in [1.54, 1.807) is 30.3 Å². The van der Waals surface area contributed by atoms with Gasteiger partial charge in [0.1, 0.15) is 10.8 Å². The molecule has 0 atom stereocenters. The monoisotopic (exact) mass is 427 g/mol. The predicted octanol–water partition coefficient (Wildman–Crippen LogP) is 5.39. The summed E-state index contributed by atoms with van der Waals surface area (Å²) in [5, 5.41) is 2.77. The molecule has 0 spiro atoms. The molecule has 1 aromatic heterocycles. The van der Waals surface area contributed by atoms with Gasteiger partial charge in [-0.1, -0.05) is 40.2 Å². The topological polar surface area (TPSA) is 56.3 Å². The summed E-state index contributed by atoms with van der Waals surface area (Å²) in [5.74, 6) is -0.462. The third kappa shape index (κ3) is 4.53. The Morgan fingerprint density at radius 1 is 1.12 bits per heavy atom. The van der Waals surface area contributed by atoms with Gasteiger partial charge in [-0.2, -0.15) is 0 Å². The normalized spacial score (nSPS) is 10.8. The van der Waals surface area contributed by atoms with E-state index in [1.807, 2.05) is 29.6 Å². The van der Waals surface area contributed by atoms with Crippen LogP contribution < -0.4 is 4.74 Å². The number of rotatable bonds is 5. The fourth-order valence-electron chi connectivity index (χ4n) is 2.25. The van der Waals surface area contributed by atoms with Crippen LogP contribution in [0.4, 0.5) is 0 Å². The number of thiazole rings is 1. The Balaban J connectivity index is 1.77. The lowest BCUT2D eigenvalue weighted by Gasteiger charge is -2.05. The number of hydrogen-bond acceptors (Lipinski definition) is 5. The number of carbonyl (C=O) groups is 2. The zero-order valence-corrected chi connectivity index (χ0v) is 16.2. The summed E-state index contributed by atoms with van der Waals surface area (Å²) in [5.41, 5.74) is 2.05. The number of nitrogens with zero attached hydrogens (tertiary/aromatic N) is 1. The van der Waals surface area contributed by atoms with Crippen LogP contribution in [0.15, 0.2) is 64.5 Å². The molecule has 0 radical (unpaired) electrons. The van der Waals surface area contributed by atoms with Gasteiger partial charge in [0.2, 0.25) is 0 Å². The quantitative estimate of drug-likeness (QED) is 0.237. The van der Waals surface area contributed by atoms with E-state index >= 15 is 0 Å². The molecule has 1 heterocycles. The highest BCUT2D eigenvalue weighted by atomic mass is 79.9. The number of aromatic nitrogens is 1. The first-order valence-corrected chi connectivity index (χ1v) is 9.41. The van der Waals surface area contributed by atoms with Gasteiger partial charge in [-0.15, -0.1) is 11.3 Å². The number of hydrogen-bond donors (Lipinski definition) is 0. The second-order valence-corrected chi connectivity index (χ2v) is 7.15. The van der Waals surface area contributed by atoms with Crippen molar-refractivity contribution in [3.8, 4) is 16.3 Å². The number of ether oxygens (including phenoxy) is 1. The van der Waals surface area contributed by atoms with E-state index in [1.165, 1.54) is 24.3 Å². The first-order valence-electron chi connectivity index (χ1n) is 7.74. The lowest BCUT2D eigenvalue weighted by molar-refractivity contribution is -0.131. The van der Waals surface area contributed by atoms with Gasteiger partial charge >= 0.3 is 5.97 Å². The molecule has 130 valence electrons. The molecule has 0 fully saturated rings. The second-order valence-electron chi connectivity index (χ2n) is 5.37. The maximum Gasteiger partial charge on any atom is 0.308 e. The molecule has 0 unspecified atom stereocenters. The fourth-order valence-corrected chi connectivity index (χ4v) is 3.31. The van der Waals surface area contributed by atoms with Crippen LogP contribution >= 0.6 is 27.3 Å². The number of ketones is 1. The van der Waals surface area contributed by atoms with Crippen molar-refractivity contribution in [2.24, 2.45) is 0 Å². The minimum absolute atomic E-state index is 0.250. The van der Waals surface area contributed by atoms with Crippen molar-refractivity contribution in [2.75, 3.05) is 0 Å².